The minimum Gasteiger partial charge on any atom is -0.874 e. The van der Waals surface area contributed by atoms with Crippen LogP contribution < -0.4 is 10.2 Å². The summed E-state index contributed by atoms with van der Waals surface area (Å²) in [6.45, 7) is 4.24. The third-order valence-corrected chi connectivity index (χ3v) is 3.45. The Morgan fingerprint density at radius 1 is 0.640 bits per heavy atom. The maximum absolute atomic E-state index is 11.3. The maximum atomic E-state index is 11.3. The summed E-state index contributed by atoms with van der Waals surface area (Å²) >= 11 is 0. The van der Waals surface area contributed by atoms with Crippen LogP contribution in [0.1, 0.15) is 65.2 Å². The average molecular weight is 374 g/mol. The summed E-state index contributed by atoms with van der Waals surface area (Å²) in [5.41, 5.74) is 1.01. The monoisotopic (exact) mass is 374 g/mol. The SMILES string of the molecule is CCCCCC([O-])=C1C#CC#C1.CCCCCC([O-])=C1C#CC#C1.[Fe+2]. The number of unbranched alkanes of at least 4 members (excludes halogenated alkanes) is 4. The molecule has 0 saturated heterocycles. The topological polar surface area (TPSA) is 46.1 Å². The predicted molar refractivity (Wildman–Crippen MR) is 93.4 cm³/mol. The van der Waals surface area contributed by atoms with Gasteiger partial charge in [0.25, 0.3) is 0 Å². The molecule has 130 valence electrons. The first-order chi connectivity index (χ1) is 11.7. The van der Waals surface area contributed by atoms with Crippen molar-refractivity contribution in [3.05, 3.63) is 22.7 Å². The van der Waals surface area contributed by atoms with Crippen LogP contribution in [0.3, 0.4) is 0 Å². The van der Waals surface area contributed by atoms with Gasteiger partial charge in [0.2, 0.25) is 0 Å². The standard InChI is InChI=1S/2C11H12O.Fe/c2*1-2-3-4-9-11(12)10-7-5-6-8-10;/h2*12H,2-4,9H2,1H3;/q;;+2/p-2. The van der Waals surface area contributed by atoms with Crippen molar-refractivity contribution in [3.8, 4) is 47.4 Å². The zero-order valence-corrected chi connectivity index (χ0v) is 15.9. The van der Waals surface area contributed by atoms with E-state index in [0.29, 0.717) is 24.0 Å². The van der Waals surface area contributed by atoms with Gasteiger partial charge in [0, 0.05) is 0 Å². The Morgan fingerprint density at radius 3 is 1.24 bits per heavy atom. The summed E-state index contributed by atoms with van der Waals surface area (Å²) in [6, 6.07) is 0. The Kier molecular flexibility index (Phi) is 13.0. The van der Waals surface area contributed by atoms with Crippen molar-refractivity contribution in [1.82, 2.24) is 0 Å². The molecule has 3 heteroatoms. The van der Waals surface area contributed by atoms with E-state index in [-0.39, 0.29) is 28.6 Å². The molecule has 0 aromatic heterocycles. The minimum atomic E-state index is 0. The first-order valence-electron chi connectivity index (χ1n) is 8.53. The van der Waals surface area contributed by atoms with E-state index in [1.807, 2.05) is 0 Å². The van der Waals surface area contributed by atoms with Crippen molar-refractivity contribution in [2.24, 2.45) is 0 Å². The fourth-order valence-electron chi connectivity index (χ4n) is 2.04. The summed E-state index contributed by atoms with van der Waals surface area (Å²) in [4.78, 5) is 0. The normalized spacial score (nSPS) is 11.1. The van der Waals surface area contributed by atoms with Crippen molar-refractivity contribution in [2.45, 2.75) is 65.2 Å². The molecule has 0 radical (unpaired) electrons. The molecular formula is C22H22FeO2. The van der Waals surface area contributed by atoms with E-state index >= 15 is 0 Å². The number of rotatable bonds is 8. The molecule has 2 aliphatic rings. The number of hydrogen-bond donors (Lipinski definition) is 0. The van der Waals surface area contributed by atoms with E-state index in [1.54, 1.807) is 0 Å². The van der Waals surface area contributed by atoms with Crippen LogP contribution in [0.15, 0.2) is 22.7 Å². The molecule has 0 bridgehead atoms. The molecule has 0 saturated carbocycles. The molecule has 0 aromatic carbocycles. The zero-order chi connectivity index (χ0) is 17.6. The molecule has 0 atom stereocenters. The van der Waals surface area contributed by atoms with Crippen LogP contribution in [-0.2, 0) is 17.1 Å². The molecular weight excluding hydrogens is 352 g/mol. The molecule has 0 fully saturated rings. The molecule has 25 heavy (non-hydrogen) atoms. The van der Waals surface area contributed by atoms with Crippen LogP contribution in [0.2, 0.25) is 0 Å². The third kappa shape index (κ3) is 9.65. The van der Waals surface area contributed by atoms with Gasteiger partial charge in [-0.1, -0.05) is 52.4 Å². The van der Waals surface area contributed by atoms with Crippen molar-refractivity contribution >= 4 is 0 Å². The van der Waals surface area contributed by atoms with E-state index in [0.717, 1.165) is 38.5 Å². The molecule has 2 aliphatic carbocycles. The largest absolute Gasteiger partial charge is 2.00 e. The molecule has 0 spiro atoms. The van der Waals surface area contributed by atoms with Crippen LogP contribution in [-0.4, -0.2) is 0 Å². The molecule has 0 amide bonds. The van der Waals surface area contributed by atoms with Gasteiger partial charge in [0.05, 0.1) is 11.1 Å². The molecule has 0 unspecified atom stereocenters. The van der Waals surface area contributed by atoms with Gasteiger partial charge >= 0.3 is 17.1 Å². The Hall–Kier alpha value is -2.16. The molecule has 0 aromatic rings. The summed E-state index contributed by atoms with van der Waals surface area (Å²) in [6.07, 6.45) is 7.63. The molecule has 0 heterocycles. The van der Waals surface area contributed by atoms with Gasteiger partial charge in [0.15, 0.2) is 0 Å². The van der Waals surface area contributed by atoms with Crippen LogP contribution in [0.4, 0.5) is 0 Å². The predicted octanol–water partition coefficient (Wildman–Crippen LogP) is 2.40. The second kappa shape index (κ2) is 14.2. The summed E-state index contributed by atoms with van der Waals surface area (Å²) in [5, 5.41) is 22.6. The Morgan fingerprint density at radius 2 is 0.960 bits per heavy atom. The van der Waals surface area contributed by atoms with E-state index in [9.17, 15) is 10.2 Å². The molecule has 2 rings (SSSR count). The molecule has 0 N–H and O–H groups in total. The third-order valence-electron chi connectivity index (χ3n) is 3.45. The van der Waals surface area contributed by atoms with Gasteiger partial charge in [0.1, 0.15) is 0 Å². The summed E-state index contributed by atoms with van der Waals surface area (Å²) in [5.74, 6) is 21.2. The minimum absolute atomic E-state index is 0. The average Bonchev–Trinajstić information content (AvgIpc) is 3.29. The first-order valence-corrected chi connectivity index (χ1v) is 8.53. The van der Waals surface area contributed by atoms with Gasteiger partial charge in [-0.25, -0.2) is 0 Å². The van der Waals surface area contributed by atoms with Crippen LogP contribution in [0, 0.1) is 47.4 Å². The van der Waals surface area contributed by atoms with Gasteiger partial charge in [-0.05, 0) is 60.2 Å². The Labute approximate surface area is 162 Å². The van der Waals surface area contributed by atoms with Crippen molar-refractivity contribution in [2.75, 3.05) is 0 Å². The number of allylic oxidation sites excluding steroid dienone is 4. The van der Waals surface area contributed by atoms with E-state index in [4.69, 9.17) is 0 Å². The van der Waals surface area contributed by atoms with E-state index < -0.39 is 0 Å². The van der Waals surface area contributed by atoms with Crippen LogP contribution >= 0.6 is 0 Å². The summed E-state index contributed by atoms with van der Waals surface area (Å²) in [7, 11) is 0. The second-order valence-corrected chi connectivity index (χ2v) is 5.51. The molecule has 0 aliphatic heterocycles. The fraction of sp³-hybridized carbons (Fsp3) is 0.455. The Balaban J connectivity index is 0.000000443. The zero-order valence-electron chi connectivity index (χ0n) is 14.8. The van der Waals surface area contributed by atoms with Gasteiger partial charge in [-0.3, -0.25) is 0 Å². The van der Waals surface area contributed by atoms with Gasteiger partial charge < -0.3 is 10.2 Å². The van der Waals surface area contributed by atoms with Crippen molar-refractivity contribution in [3.63, 3.8) is 0 Å². The first kappa shape index (κ1) is 22.8. The number of hydrogen-bond acceptors (Lipinski definition) is 2. The Bertz CT molecular complexity index is 631. The quantitative estimate of drug-likeness (QED) is 0.284. The van der Waals surface area contributed by atoms with Crippen LogP contribution in [0.25, 0.3) is 0 Å². The smallest absolute Gasteiger partial charge is 0.874 e. The van der Waals surface area contributed by atoms with E-state index in [1.165, 1.54) is 0 Å². The fourth-order valence-corrected chi connectivity index (χ4v) is 2.04. The van der Waals surface area contributed by atoms with E-state index in [2.05, 4.69) is 61.2 Å². The van der Waals surface area contributed by atoms with Gasteiger partial charge in [-0.2, -0.15) is 0 Å². The van der Waals surface area contributed by atoms with Crippen LogP contribution in [0.5, 0.6) is 0 Å². The maximum Gasteiger partial charge on any atom is 2.00 e. The van der Waals surface area contributed by atoms with Crippen molar-refractivity contribution in [1.29, 1.82) is 0 Å². The van der Waals surface area contributed by atoms with Gasteiger partial charge in [-0.15, -0.1) is 11.5 Å². The molecule has 2 nitrogen and oxygen atoms in total. The second-order valence-electron chi connectivity index (χ2n) is 5.51. The van der Waals surface area contributed by atoms with Crippen molar-refractivity contribution < 1.29 is 27.3 Å². The summed E-state index contributed by atoms with van der Waals surface area (Å²) < 4.78 is 0.